The molecule has 1 N–H and O–H groups in total. The summed E-state index contributed by atoms with van der Waals surface area (Å²) in [7, 11) is 0. The molecule has 0 saturated carbocycles. The number of fused-ring (bicyclic) bond motifs is 2. The van der Waals surface area contributed by atoms with E-state index in [2.05, 4.69) is 5.10 Å². The number of carboxylic acid groups (broad SMARTS) is 1. The Morgan fingerprint density at radius 3 is 2.61 bits per heavy atom. The molecule has 1 amide bonds. The lowest BCUT2D eigenvalue weighted by atomic mass is 9.98. The molecule has 0 unspecified atom stereocenters. The fraction of sp³-hybridized carbons (Fsp3) is 0.579. The topological polar surface area (TPSA) is 100 Å². The van der Waals surface area contributed by atoms with Crippen LogP contribution < -0.4 is 4.90 Å². The number of nitrogens with zero attached hydrogens (tertiary/aromatic N) is 5. The van der Waals surface area contributed by atoms with Gasteiger partial charge in [0.1, 0.15) is 11.4 Å². The Kier molecular flexibility index (Phi) is 4.40. The lowest BCUT2D eigenvalue weighted by molar-refractivity contribution is -0.142. The zero-order chi connectivity index (χ0) is 20.1. The summed E-state index contributed by atoms with van der Waals surface area (Å²) >= 11 is 0. The summed E-state index contributed by atoms with van der Waals surface area (Å²) in [5.74, 6) is -0.240. The highest BCUT2D eigenvalue weighted by atomic mass is 16.6. The fourth-order valence-corrected chi connectivity index (χ4v) is 3.71. The van der Waals surface area contributed by atoms with Gasteiger partial charge in [-0.3, -0.25) is 4.79 Å². The fourth-order valence-electron chi connectivity index (χ4n) is 3.71. The molecule has 1 fully saturated rings. The summed E-state index contributed by atoms with van der Waals surface area (Å²) in [6.07, 6.45) is 2.63. The molecular weight excluding hydrogens is 362 g/mol. The van der Waals surface area contributed by atoms with E-state index in [4.69, 9.17) is 9.72 Å². The normalized spacial score (nSPS) is 17.8. The standard InChI is InChI=1S/C19H25N5O4/c1-19(2,3)28-18(27)22-8-5-13-14(6-9-22)21-15-4-7-20-24(15)16(13)23-10-12(11-23)17(25)26/h4,7,12H,5-6,8-11H2,1-3H3,(H,25,26). The number of aromatic nitrogens is 3. The first kappa shape index (κ1) is 18.5. The molecule has 0 aliphatic carbocycles. The highest BCUT2D eigenvalue weighted by Gasteiger charge is 2.36. The van der Waals surface area contributed by atoms with Gasteiger partial charge >= 0.3 is 12.1 Å². The molecule has 0 spiro atoms. The molecule has 4 heterocycles. The number of aliphatic carboxylic acids is 1. The van der Waals surface area contributed by atoms with Crippen LogP contribution in [0.25, 0.3) is 5.65 Å². The lowest BCUT2D eigenvalue weighted by Crippen LogP contribution is -2.51. The first-order chi connectivity index (χ1) is 13.2. The van der Waals surface area contributed by atoms with Gasteiger partial charge in [-0.1, -0.05) is 0 Å². The van der Waals surface area contributed by atoms with Gasteiger partial charge < -0.3 is 19.6 Å². The number of hydrogen-bond acceptors (Lipinski definition) is 6. The number of ether oxygens (including phenoxy) is 1. The van der Waals surface area contributed by atoms with E-state index in [1.165, 1.54) is 0 Å². The zero-order valence-corrected chi connectivity index (χ0v) is 16.4. The maximum atomic E-state index is 12.5. The summed E-state index contributed by atoms with van der Waals surface area (Å²) in [5, 5.41) is 13.6. The van der Waals surface area contributed by atoms with Gasteiger partial charge in [-0.05, 0) is 27.2 Å². The molecule has 9 heteroatoms. The van der Waals surface area contributed by atoms with Gasteiger partial charge in [0.15, 0.2) is 5.65 Å². The predicted octanol–water partition coefficient (Wildman–Crippen LogP) is 1.59. The highest BCUT2D eigenvalue weighted by molar-refractivity contribution is 5.75. The maximum absolute atomic E-state index is 12.5. The van der Waals surface area contributed by atoms with Gasteiger partial charge in [0.05, 0.1) is 17.8 Å². The summed E-state index contributed by atoms with van der Waals surface area (Å²) in [6, 6.07) is 1.84. The second kappa shape index (κ2) is 6.65. The summed E-state index contributed by atoms with van der Waals surface area (Å²) in [4.78, 5) is 32.2. The molecular formula is C19H25N5O4. The number of rotatable bonds is 2. The van der Waals surface area contributed by atoms with Crippen LogP contribution in [0.15, 0.2) is 12.3 Å². The van der Waals surface area contributed by atoms with Gasteiger partial charge in [0, 0.05) is 44.2 Å². The Morgan fingerprint density at radius 2 is 1.93 bits per heavy atom. The quantitative estimate of drug-likeness (QED) is 0.835. The molecule has 0 radical (unpaired) electrons. The Labute approximate surface area is 162 Å². The number of carbonyl (C=O) groups is 2. The predicted molar refractivity (Wildman–Crippen MR) is 102 cm³/mol. The molecule has 9 nitrogen and oxygen atoms in total. The molecule has 0 bridgehead atoms. The molecule has 0 aromatic carbocycles. The van der Waals surface area contributed by atoms with Crippen LogP contribution in [0.4, 0.5) is 10.6 Å². The molecule has 28 heavy (non-hydrogen) atoms. The van der Waals surface area contributed by atoms with Gasteiger partial charge in [-0.2, -0.15) is 9.61 Å². The molecule has 0 atom stereocenters. The van der Waals surface area contributed by atoms with E-state index in [9.17, 15) is 14.7 Å². The SMILES string of the molecule is CC(C)(C)OC(=O)N1CCc2nc3ccnn3c(N3CC(C(=O)O)C3)c2CC1. The average molecular weight is 387 g/mol. The minimum Gasteiger partial charge on any atom is -0.481 e. The van der Waals surface area contributed by atoms with Crippen LogP contribution in [0, 0.1) is 5.92 Å². The summed E-state index contributed by atoms with van der Waals surface area (Å²) in [6.45, 7) is 7.54. The zero-order valence-electron chi connectivity index (χ0n) is 16.4. The minimum absolute atomic E-state index is 0.318. The van der Waals surface area contributed by atoms with Crippen molar-refractivity contribution in [1.29, 1.82) is 0 Å². The van der Waals surface area contributed by atoms with Crippen LogP contribution in [0.3, 0.4) is 0 Å². The van der Waals surface area contributed by atoms with Crippen LogP contribution in [0.1, 0.15) is 32.0 Å². The van der Waals surface area contributed by atoms with Crippen molar-refractivity contribution in [2.75, 3.05) is 31.1 Å². The van der Waals surface area contributed by atoms with Crippen molar-refractivity contribution < 1.29 is 19.4 Å². The smallest absolute Gasteiger partial charge is 0.410 e. The van der Waals surface area contributed by atoms with Crippen LogP contribution in [0.5, 0.6) is 0 Å². The first-order valence-corrected chi connectivity index (χ1v) is 9.54. The van der Waals surface area contributed by atoms with Crippen molar-refractivity contribution in [3.05, 3.63) is 23.5 Å². The third-order valence-corrected chi connectivity index (χ3v) is 5.12. The number of carbonyl (C=O) groups excluding carboxylic acids is 1. The second-order valence-electron chi connectivity index (χ2n) is 8.37. The Bertz CT molecular complexity index is 926. The highest BCUT2D eigenvalue weighted by Crippen LogP contribution is 2.32. The van der Waals surface area contributed by atoms with Gasteiger partial charge in [0.2, 0.25) is 0 Å². The third-order valence-electron chi connectivity index (χ3n) is 5.12. The maximum Gasteiger partial charge on any atom is 0.410 e. The largest absolute Gasteiger partial charge is 0.481 e. The minimum atomic E-state index is -0.774. The number of anilines is 1. The van der Waals surface area contributed by atoms with E-state index in [1.54, 1.807) is 15.6 Å². The Hall–Kier alpha value is -2.84. The molecule has 2 aromatic heterocycles. The summed E-state index contributed by atoms with van der Waals surface area (Å²) in [5.41, 5.74) is 2.17. The van der Waals surface area contributed by atoms with E-state index in [-0.39, 0.29) is 12.0 Å². The second-order valence-corrected chi connectivity index (χ2v) is 8.37. The number of hydrogen-bond donors (Lipinski definition) is 1. The third kappa shape index (κ3) is 3.36. The van der Waals surface area contributed by atoms with Gasteiger partial charge in [0.25, 0.3) is 0 Å². The van der Waals surface area contributed by atoms with E-state index in [1.807, 2.05) is 31.7 Å². The van der Waals surface area contributed by atoms with Crippen molar-refractivity contribution in [2.24, 2.45) is 5.92 Å². The van der Waals surface area contributed by atoms with Crippen molar-refractivity contribution in [1.82, 2.24) is 19.5 Å². The lowest BCUT2D eigenvalue weighted by Gasteiger charge is -2.39. The van der Waals surface area contributed by atoms with Crippen LogP contribution in [-0.2, 0) is 22.4 Å². The Balaban J connectivity index is 1.62. The van der Waals surface area contributed by atoms with Crippen molar-refractivity contribution in [3.63, 3.8) is 0 Å². The average Bonchev–Trinajstić information content (AvgIpc) is 2.89. The van der Waals surface area contributed by atoms with Crippen LogP contribution in [-0.4, -0.2) is 68.4 Å². The van der Waals surface area contributed by atoms with Crippen molar-refractivity contribution >= 4 is 23.5 Å². The van der Waals surface area contributed by atoms with Crippen LogP contribution in [0.2, 0.25) is 0 Å². The first-order valence-electron chi connectivity index (χ1n) is 9.54. The molecule has 4 rings (SSSR count). The summed E-state index contributed by atoms with van der Waals surface area (Å²) < 4.78 is 7.30. The molecule has 2 aliphatic heterocycles. The van der Waals surface area contributed by atoms with Gasteiger partial charge in [-0.25, -0.2) is 9.78 Å². The molecule has 2 aliphatic rings. The molecule has 150 valence electrons. The number of carboxylic acids is 1. The Morgan fingerprint density at radius 1 is 1.21 bits per heavy atom. The number of amides is 1. The van der Waals surface area contributed by atoms with Crippen LogP contribution >= 0.6 is 0 Å². The molecule has 1 saturated heterocycles. The van der Waals surface area contributed by atoms with E-state index in [0.717, 1.165) is 22.7 Å². The van der Waals surface area contributed by atoms with Crippen molar-refractivity contribution in [2.45, 2.75) is 39.2 Å². The van der Waals surface area contributed by atoms with Gasteiger partial charge in [-0.15, -0.1) is 0 Å². The molecule has 2 aromatic rings. The van der Waals surface area contributed by atoms with Crippen molar-refractivity contribution in [3.8, 4) is 0 Å². The van der Waals surface area contributed by atoms with E-state index < -0.39 is 11.6 Å². The van der Waals surface area contributed by atoms with E-state index in [0.29, 0.717) is 39.0 Å². The monoisotopic (exact) mass is 387 g/mol. The van der Waals surface area contributed by atoms with E-state index >= 15 is 0 Å².